The topological polar surface area (TPSA) is 111 Å². The number of carbonyl (C=O) groups is 1. The first-order chi connectivity index (χ1) is 18.0. The fourth-order valence-electron chi connectivity index (χ4n) is 4.40. The maximum atomic E-state index is 12.2. The number of fused-ring (bicyclic) bond motifs is 2. The molecule has 1 amide bonds. The minimum Gasteiger partial charge on any atom is -0.353 e. The third-order valence-electron chi connectivity index (χ3n) is 6.00. The lowest BCUT2D eigenvalue weighted by molar-refractivity contribution is -0.116. The van der Waals surface area contributed by atoms with Gasteiger partial charge in [-0.05, 0) is 49.8 Å². The molecule has 0 saturated carbocycles. The van der Waals surface area contributed by atoms with Gasteiger partial charge in [0.15, 0.2) is 0 Å². The molecule has 6 rings (SSSR count). The van der Waals surface area contributed by atoms with Crippen LogP contribution >= 0.6 is 11.3 Å². The lowest BCUT2D eigenvalue weighted by atomic mass is 10.0. The average molecular weight is 509 g/mol. The third-order valence-corrected chi connectivity index (χ3v) is 6.88. The van der Waals surface area contributed by atoms with Crippen LogP contribution in [-0.2, 0) is 4.79 Å². The number of H-pyrrole nitrogens is 1. The number of aromatic amines is 1. The molecule has 0 unspecified atom stereocenters. The smallest absolute Gasteiger partial charge is 0.238 e. The Morgan fingerprint density at radius 3 is 2.84 bits per heavy atom. The van der Waals surface area contributed by atoms with Crippen LogP contribution in [0, 0.1) is 0 Å². The molecule has 5 aromatic heterocycles. The van der Waals surface area contributed by atoms with Crippen LogP contribution in [0.15, 0.2) is 71.6 Å². The van der Waals surface area contributed by atoms with E-state index in [1.165, 1.54) is 0 Å². The summed E-state index contributed by atoms with van der Waals surface area (Å²) < 4.78 is 0. The van der Waals surface area contributed by atoms with Gasteiger partial charge < -0.3 is 20.5 Å². The zero-order chi connectivity index (χ0) is 25.4. The number of aromatic nitrogens is 4. The Morgan fingerprint density at radius 1 is 1.11 bits per heavy atom. The summed E-state index contributed by atoms with van der Waals surface area (Å²) in [5.74, 6) is 0.675. The maximum absolute atomic E-state index is 12.2. The van der Waals surface area contributed by atoms with E-state index in [-0.39, 0.29) is 5.91 Å². The second-order valence-corrected chi connectivity index (χ2v) is 9.94. The molecule has 0 bridgehead atoms. The van der Waals surface area contributed by atoms with Gasteiger partial charge in [-0.25, -0.2) is 4.98 Å². The zero-order valence-corrected chi connectivity index (χ0v) is 21.1. The van der Waals surface area contributed by atoms with E-state index in [9.17, 15) is 4.79 Å². The van der Waals surface area contributed by atoms with E-state index in [1.54, 1.807) is 29.9 Å². The highest BCUT2D eigenvalue weighted by Gasteiger charge is 2.21. The fourth-order valence-corrected chi connectivity index (χ4v) is 5.13. The molecule has 0 spiro atoms. The lowest BCUT2D eigenvalue weighted by Gasteiger charge is -2.18. The summed E-state index contributed by atoms with van der Waals surface area (Å²) in [6, 6.07) is 12.2. The standard InChI is InChI=1S/C27H24N8OS/c1-35(2)14-24(36)33-18-8-16(11-28-13-18)17-9-20-25(31-15-32-27(20)30-12-17)22-10-19-21(34-22)5-6-29-26(19)23-4-3-7-37-23/h3-13,34H,14-15H2,1-2H3,(H,30,32)(H,33,36). The number of nitrogens with zero attached hydrogens (tertiary/aromatic N) is 5. The normalized spacial score (nSPS) is 12.8. The van der Waals surface area contributed by atoms with E-state index < -0.39 is 0 Å². The van der Waals surface area contributed by atoms with Gasteiger partial charge in [-0.1, -0.05) is 6.07 Å². The number of aliphatic imine (C=N–C) groups is 1. The molecular formula is C27H24N8OS. The van der Waals surface area contributed by atoms with Crippen LogP contribution in [0.4, 0.5) is 11.5 Å². The highest BCUT2D eigenvalue weighted by Crippen LogP contribution is 2.33. The van der Waals surface area contributed by atoms with Crippen molar-refractivity contribution in [3.05, 3.63) is 77.8 Å². The third kappa shape index (κ3) is 4.59. The minimum atomic E-state index is -0.0960. The van der Waals surface area contributed by atoms with Crippen molar-refractivity contribution in [1.82, 2.24) is 24.8 Å². The summed E-state index contributed by atoms with van der Waals surface area (Å²) >= 11 is 1.67. The predicted molar refractivity (Wildman–Crippen MR) is 148 cm³/mol. The molecule has 10 heteroatoms. The van der Waals surface area contributed by atoms with Crippen molar-refractivity contribution in [2.24, 2.45) is 4.99 Å². The molecule has 5 aromatic rings. The molecule has 37 heavy (non-hydrogen) atoms. The summed E-state index contributed by atoms with van der Waals surface area (Å²) in [5, 5.41) is 9.28. The van der Waals surface area contributed by atoms with Gasteiger partial charge in [0.05, 0.1) is 40.4 Å². The first-order valence-electron chi connectivity index (χ1n) is 11.8. The summed E-state index contributed by atoms with van der Waals surface area (Å²) in [6.45, 7) is 0.735. The Balaban J connectivity index is 1.36. The second-order valence-electron chi connectivity index (χ2n) is 8.99. The van der Waals surface area contributed by atoms with Gasteiger partial charge >= 0.3 is 0 Å². The summed E-state index contributed by atoms with van der Waals surface area (Å²) in [4.78, 5) is 37.1. The number of anilines is 2. The molecule has 0 radical (unpaired) electrons. The number of pyridine rings is 3. The number of rotatable bonds is 6. The van der Waals surface area contributed by atoms with Crippen molar-refractivity contribution >= 4 is 45.4 Å². The number of nitrogens with one attached hydrogen (secondary N) is 3. The molecule has 184 valence electrons. The van der Waals surface area contributed by atoms with Crippen molar-refractivity contribution in [3.8, 4) is 21.7 Å². The van der Waals surface area contributed by atoms with E-state index in [2.05, 4.69) is 54.1 Å². The Kier molecular flexibility index (Phi) is 5.95. The Bertz CT molecular complexity index is 1640. The molecule has 0 atom stereocenters. The van der Waals surface area contributed by atoms with Crippen LogP contribution in [0.1, 0.15) is 11.3 Å². The van der Waals surface area contributed by atoms with E-state index in [0.717, 1.165) is 55.4 Å². The van der Waals surface area contributed by atoms with Crippen molar-refractivity contribution in [2.75, 3.05) is 37.9 Å². The zero-order valence-electron chi connectivity index (χ0n) is 20.3. The number of likely N-dealkylation sites (N-methyl/N-ethyl adjacent to an activating group) is 1. The van der Waals surface area contributed by atoms with E-state index in [4.69, 9.17) is 4.99 Å². The van der Waals surface area contributed by atoms with Gasteiger partial charge in [0.25, 0.3) is 0 Å². The molecule has 1 aliphatic rings. The van der Waals surface area contributed by atoms with Crippen molar-refractivity contribution in [1.29, 1.82) is 0 Å². The van der Waals surface area contributed by atoms with Gasteiger partial charge in [-0.3, -0.25) is 19.8 Å². The van der Waals surface area contributed by atoms with Crippen LogP contribution in [0.3, 0.4) is 0 Å². The van der Waals surface area contributed by atoms with Crippen LogP contribution in [0.2, 0.25) is 0 Å². The number of amides is 1. The van der Waals surface area contributed by atoms with Gasteiger partial charge in [0.1, 0.15) is 12.5 Å². The minimum absolute atomic E-state index is 0.0960. The molecule has 3 N–H and O–H groups in total. The number of hydrogen-bond donors (Lipinski definition) is 3. The quantitative estimate of drug-likeness (QED) is 0.312. The van der Waals surface area contributed by atoms with Crippen LogP contribution in [0.5, 0.6) is 0 Å². The highest BCUT2D eigenvalue weighted by molar-refractivity contribution is 7.13. The number of thiophene rings is 1. The summed E-state index contributed by atoms with van der Waals surface area (Å²) in [6.07, 6.45) is 7.04. The van der Waals surface area contributed by atoms with Crippen molar-refractivity contribution in [2.45, 2.75) is 0 Å². The van der Waals surface area contributed by atoms with E-state index >= 15 is 0 Å². The van der Waals surface area contributed by atoms with Crippen molar-refractivity contribution < 1.29 is 4.79 Å². The van der Waals surface area contributed by atoms with Crippen LogP contribution < -0.4 is 10.6 Å². The Labute approximate surface area is 217 Å². The highest BCUT2D eigenvalue weighted by atomic mass is 32.1. The average Bonchev–Trinajstić information content (AvgIpc) is 3.58. The van der Waals surface area contributed by atoms with Crippen LogP contribution in [-0.4, -0.2) is 63.8 Å². The molecular weight excluding hydrogens is 484 g/mol. The van der Waals surface area contributed by atoms with Crippen molar-refractivity contribution in [3.63, 3.8) is 0 Å². The Morgan fingerprint density at radius 2 is 2.00 bits per heavy atom. The first-order valence-corrected chi connectivity index (χ1v) is 12.6. The summed E-state index contributed by atoms with van der Waals surface area (Å²) in [5.41, 5.74) is 6.96. The van der Waals surface area contributed by atoms with Gasteiger partial charge in [-0.2, -0.15) is 0 Å². The second kappa shape index (κ2) is 9.57. The van der Waals surface area contributed by atoms with E-state index in [0.29, 0.717) is 18.9 Å². The van der Waals surface area contributed by atoms with E-state index in [1.807, 2.05) is 43.4 Å². The predicted octanol–water partition coefficient (Wildman–Crippen LogP) is 4.47. The first kappa shape index (κ1) is 23.0. The molecule has 0 aromatic carbocycles. The summed E-state index contributed by atoms with van der Waals surface area (Å²) in [7, 11) is 3.71. The SMILES string of the molecule is CN(C)CC(=O)Nc1cncc(-c2cnc3c(c2)C(c2cc4c(-c5cccs5)nccc4[nH]2)=NCN3)c1. The van der Waals surface area contributed by atoms with Gasteiger partial charge in [0.2, 0.25) is 5.91 Å². The molecule has 9 nitrogen and oxygen atoms in total. The number of hydrogen-bond acceptors (Lipinski definition) is 8. The molecule has 6 heterocycles. The maximum Gasteiger partial charge on any atom is 0.238 e. The molecule has 0 saturated heterocycles. The molecule has 1 aliphatic heterocycles. The van der Waals surface area contributed by atoms with Gasteiger partial charge in [0, 0.05) is 46.2 Å². The molecule has 0 aliphatic carbocycles. The Hall–Kier alpha value is -4.41. The number of carbonyl (C=O) groups excluding carboxylic acids is 1. The monoisotopic (exact) mass is 508 g/mol. The molecule has 0 fully saturated rings. The van der Waals surface area contributed by atoms with Gasteiger partial charge in [-0.15, -0.1) is 11.3 Å². The van der Waals surface area contributed by atoms with Crippen LogP contribution in [0.25, 0.3) is 32.6 Å². The largest absolute Gasteiger partial charge is 0.353 e. The lowest BCUT2D eigenvalue weighted by Crippen LogP contribution is -2.27. The fraction of sp³-hybridized carbons (Fsp3) is 0.148.